The van der Waals surface area contributed by atoms with E-state index in [4.69, 9.17) is 14.5 Å². The fourth-order valence-corrected chi connectivity index (χ4v) is 6.26. The van der Waals surface area contributed by atoms with Crippen LogP contribution in [-0.2, 0) is 27.1 Å². The molecule has 218 valence electrons. The molecule has 1 aromatic rings. The minimum Gasteiger partial charge on any atom is -0.480 e. The minimum atomic E-state index is -1.00. The predicted octanol–water partition coefficient (Wildman–Crippen LogP) is 5.62. The van der Waals surface area contributed by atoms with Crippen LogP contribution in [0.2, 0.25) is 0 Å². The van der Waals surface area contributed by atoms with E-state index < -0.39 is 17.8 Å². The van der Waals surface area contributed by atoms with Gasteiger partial charge in [0.05, 0.1) is 18.8 Å². The second-order valence-electron chi connectivity index (χ2n) is 12.0. The molecule has 40 heavy (non-hydrogen) atoms. The van der Waals surface area contributed by atoms with E-state index in [1.165, 1.54) is 30.6 Å². The van der Waals surface area contributed by atoms with Crippen molar-refractivity contribution < 1.29 is 23.8 Å². The summed E-state index contributed by atoms with van der Waals surface area (Å²) < 4.78 is 26.8. The number of hydrogen-bond donors (Lipinski definition) is 2. The summed E-state index contributed by atoms with van der Waals surface area (Å²) in [5, 5.41) is 13.7. The van der Waals surface area contributed by atoms with Gasteiger partial charge in [0.2, 0.25) is 0 Å². The van der Waals surface area contributed by atoms with E-state index in [9.17, 15) is 14.3 Å². The number of pyridine rings is 1. The highest BCUT2D eigenvalue weighted by Crippen LogP contribution is 2.53. The molecule has 5 rings (SSSR count). The molecule has 8 heteroatoms. The van der Waals surface area contributed by atoms with Crippen LogP contribution in [0.3, 0.4) is 0 Å². The van der Waals surface area contributed by atoms with Gasteiger partial charge in [0, 0.05) is 31.9 Å². The molecule has 2 saturated heterocycles. The lowest BCUT2D eigenvalue weighted by Gasteiger charge is -2.34. The zero-order valence-corrected chi connectivity index (χ0v) is 23.8. The van der Waals surface area contributed by atoms with Crippen LogP contribution in [0.15, 0.2) is 47.8 Å². The number of nitrogens with one attached hydrogen (secondary N) is 1. The van der Waals surface area contributed by atoms with Crippen LogP contribution in [0.5, 0.6) is 0 Å². The number of halogens is 1. The maximum Gasteiger partial charge on any atom is 0.325 e. The number of likely N-dealkylation sites (tertiary alicyclic amines) is 1. The van der Waals surface area contributed by atoms with Crippen molar-refractivity contribution in [2.45, 2.75) is 89.4 Å². The zero-order valence-electron chi connectivity index (χ0n) is 23.8. The van der Waals surface area contributed by atoms with E-state index in [0.29, 0.717) is 42.9 Å². The smallest absolute Gasteiger partial charge is 0.325 e. The molecular formula is C32H44FN3O4. The van der Waals surface area contributed by atoms with Gasteiger partial charge < -0.3 is 19.9 Å². The van der Waals surface area contributed by atoms with Gasteiger partial charge in [0.25, 0.3) is 0 Å². The summed E-state index contributed by atoms with van der Waals surface area (Å²) >= 11 is 0. The van der Waals surface area contributed by atoms with Gasteiger partial charge in [-0.15, -0.1) is 0 Å². The molecule has 1 aromatic heterocycles. The van der Waals surface area contributed by atoms with Crippen molar-refractivity contribution in [1.29, 1.82) is 0 Å². The first kappa shape index (κ1) is 29.0. The Morgan fingerprint density at radius 2 is 2.20 bits per heavy atom. The number of allylic oxidation sites excluding steroid dienone is 3. The third-order valence-electron chi connectivity index (χ3n) is 9.02. The van der Waals surface area contributed by atoms with Gasteiger partial charge in [-0.25, -0.2) is 9.37 Å². The van der Waals surface area contributed by atoms with Crippen LogP contribution in [0.4, 0.5) is 10.2 Å². The lowest BCUT2D eigenvalue weighted by Crippen LogP contribution is -2.43. The summed E-state index contributed by atoms with van der Waals surface area (Å²) in [6.45, 7) is 9.19. The van der Waals surface area contributed by atoms with E-state index in [2.05, 4.69) is 24.0 Å². The summed E-state index contributed by atoms with van der Waals surface area (Å²) in [5.74, 6) is -0.433. The first-order valence-electron chi connectivity index (χ1n) is 15.0. The van der Waals surface area contributed by atoms with Gasteiger partial charge in [-0.1, -0.05) is 18.7 Å². The first-order chi connectivity index (χ1) is 19.4. The highest BCUT2D eigenvalue weighted by atomic mass is 19.1. The standard InChI is InChI=1S/C32H44FN3O4/c1-3-24(33)19-27(22(2)28-11-13-32(14-15-32)21-40-28)29(31(37)38)36-17-12-26(20-36)39-18-5-4-8-25-10-9-23-7-6-16-34-30(23)35-25/h3,9-10,19,26,28-29H,2,4-8,11-18,20-21H2,1H3,(H,34,35)(H,37,38)/b24-3+,27-19+/t26-,28+,29+/m1/s1. The highest BCUT2D eigenvalue weighted by Gasteiger charge is 2.47. The number of aliphatic carboxylic acids is 1. The molecule has 1 aliphatic carbocycles. The number of carboxylic acid groups (broad SMARTS) is 1. The molecule has 0 aromatic carbocycles. The molecule has 1 spiro atoms. The van der Waals surface area contributed by atoms with Crippen LogP contribution in [0.25, 0.3) is 0 Å². The molecule has 3 fully saturated rings. The molecule has 0 bridgehead atoms. The molecule has 3 aliphatic heterocycles. The summed E-state index contributed by atoms with van der Waals surface area (Å²) in [6.07, 6.45) is 12.4. The van der Waals surface area contributed by atoms with E-state index in [0.717, 1.165) is 69.4 Å². The Hall–Kier alpha value is -2.55. The number of unbranched alkanes of at least 4 members (excludes halogenated alkanes) is 1. The van der Waals surface area contributed by atoms with E-state index in [-0.39, 0.29) is 12.2 Å². The topological polar surface area (TPSA) is 83.9 Å². The number of rotatable bonds is 12. The second kappa shape index (κ2) is 13.0. The summed E-state index contributed by atoms with van der Waals surface area (Å²) in [6, 6.07) is 3.33. The molecule has 0 radical (unpaired) electrons. The third-order valence-corrected chi connectivity index (χ3v) is 9.02. The van der Waals surface area contributed by atoms with Gasteiger partial charge >= 0.3 is 5.97 Å². The number of aryl methyl sites for hydroxylation is 2. The van der Waals surface area contributed by atoms with Crippen LogP contribution >= 0.6 is 0 Å². The Kier molecular flexibility index (Phi) is 9.38. The summed E-state index contributed by atoms with van der Waals surface area (Å²) in [5.41, 5.74) is 3.70. The normalized spacial score (nSPS) is 25.4. The average molecular weight is 554 g/mol. The van der Waals surface area contributed by atoms with E-state index in [1.807, 2.05) is 4.90 Å². The Morgan fingerprint density at radius 3 is 2.92 bits per heavy atom. The minimum absolute atomic E-state index is 0.0466. The average Bonchev–Trinajstić information content (AvgIpc) is 3.56. The lowest BCUT2D eigenvalue weighted by atomic mass is 9.87. The number of carboxylic acids is 1. The van der Waals surface area contributed by atoms with Gasteiger partial charge in [0.15, 0.2) is 0 Å². The maximum absolute atomic E-state index is 14.5. The predicted molar refractivity (Wildman–Crippen MR) is 154 cm³/mol. The van der Waals surface area contributed by atoms with E-state index in [1.54, 1.807) is 6.92 Å². The Balaban J connectivity index is 1.13. The molecule has 4 heterocycles. The van der Waals surface area contributed by atoms with Gasteiger partial charge in [-0.05, 0) is 105 Å². The number of carbonyl (C=O) groups is 1. The van der Waals surface area contributed by atoms with Gasteiger partial charge in [-0.3, -0.25) is 9.69 Å². The first-order valence-corrected chi connectivity index (χ1v) is 15.0. The summed E-state index contributed by atoms with van der Waals surface area (Å²) in [7, 11) is 0. The Morgan fingerprint density at radius 1 is 1.35 bits per heavy atom. The van der Waals surface area contributed by atoms with Crippen molar-refractivity contribution in [3.8, 4) is 0 Å². The fourth-order valence-electron chi connectivity index (χ4n) is 6.26. The molecule has 4 aliphatic rings. The Labute approximate surface area is 237 Å². The number of anilines is 1. The monoisotopic (exact) mass is 553 g/mol. The van der Waals surface area contributed by atoms with Crippen molar-refractivity contribution in [1.82, 2.24) is 9.88 Å². The summed E-state index contributed by atoms with van der Waals surface area (Å²) in [4.78, 5) is 19.2. The highest BCUT2D eigenvalue weighted by molar-refractivity contribution is 5.79. The third kappa shape index (κ3) is 7.01. The lowest BCUT2D eigenvalue weighted by molar-refractivity contribution is -0.141. The van der Waals surface area contributed by atoms with Crippen LogP contribution in [0, 0.1) is 5.41 Å². The van der Waals surface area contributed by atoms with E-state index >= 15 is 0 Å². The van der Waals surface area contributed by atoms with Crippen molar-refractivity contribution >= 4 is 11.8 Å². The van der Waals surface area contributed by atoms with Gasteiger partial charge in [0.1, 0.15) is 17.7 Å². The number of aromatic nitrogens is 1. The maximum atomic E-state index is 14.5. The Bertz CT molecular complexity index is 1130. The molecule has 0 unspecified atom stereocenters. The molecular weight excluding hydrogens is 509 g/mol. The number of nitrogens with zero attached hydrogens (tertiary/aromatic N) is 2. The zero-order chi connectivity index (χ0) is 28.1. The van der Waals surface area contributed by atoms with Crippen molar-refractivity contribution in [2.24, 2.45) is 5.41 Å². The molecule has 7 nitrogen and oxygen atoms in total. The molecule has 2 N–H and O–H groups in total. The van der Waals surface area contributed by atoms with Crippen molar-refractivity contribution in [3.05, 3.63) is 59.1 Å². The fraction of sp³-hybridized carbons (Fsp3) is 0.625. The van der Waals surface area contributed by atoms with Crippen LogP contribution < -0.4 is 5.32 Å². The number of hydrogen-bond acceptors (Lipinski definition) is 6. The molecule has 0 amide bonds. The largest absolute Gasteiger partial charge is 0.480 e. The van der Waals surface area contributed by atoms with Crippen molar-refractivity contribution in [3.63, 3.8) is 0 Å². The second-order valence-corrected chi connectivity index (χ2v) is 12.0. The van der Waals surface area contributed by atoms with Gasteiger partial charge in [-0.2, -0.15) is 0 Å². The SMILES string of the molecule is C=C(/C(=C\C(F)=C/C)[C@@H](C(=O)O)N1CC[C@@H](OCCCCc2ccc3c(n2)NCCC3)C1)[C@@H]1CCC2(CC2)CO1. The number of fused-ring (bicyclic) bond motifs is 1. The molecule has 1 saturated carbocycles. The van der Waals surface area contributed by atoms with Crippen LogP contribution in [0.1, 0.15) is 69.5 Å². The quantitative estimate of drug-likeness (QED) is 0.257. The number of ether oxygens (including phenoxy) is 2. The van der Waals surface area contributed by atoms with Crippen LogP contribution in [-0.4, -0.2) is 72.1 Å². The van der Waals surface area contributed by atoms with Crippen molar-refractivity contribution in [2.75, 3.05) is 38.2 Å². The molecule has 3 atom stereocenters.